The molecule has 23 heavy (non-hydrogen) atoms. The molecule has 6 nitrogen and oxygen atoms in total. The maximum atomic E-state index is 12.4. The highest BCUT2D eigenvalue weighted by molar-refractivity contribution is 5.95. The van der Waals surface area contributed by atoms with Gasteiger partial charge < -0.3 is 14.6 Å². The van der Waals surface area contributed by atoms with Crippen LogP contribution in [-0.2, 0) is 4.79 Å². The Kier molecular flexibility index (Phi) is 4.41. The van der Waals surface area contributed by atoms with Crippen LogP contribution in [0.25, 0.3) is 0 Å². The molecule has 1 aliphatic heterocycles. The van der Waals surface area contributed by atoms with Crippen molar-refractivity contribution >= 4 is 17.6 Å². The van der Waals surface area contributed by atoms with Crippen LogP contribution in [0.15, 0.2) is 41.3 Å². The van der Waals surface area contributed by atoms with Crippen molar-refractivity contribution < 1.29 is 14.0 Å². The van der Waals surface area contributed by atoms with Crippen LogP contribution in [0.2, 0.25) is 0 Å². The monoisotopic (exact) mass is 313 g/mol. The van der Waals surface area contributed by atoms with Crippen molar-refractivity contribution in [3.63, 3.8) is 0 Å². The van der Waals surface area contributed by atoms with Gasteiger partial charge in [0.05, 0.1) is 11.8 Å². The fourth-order valence-electron chi connectivity index (χ4n) is 2.75. The molecule has 1 fully saturated rings. The standard InChI is InChI=1S/C17H19N3O3/c1-12-3-2-7-18-15(12)19-16(21)13-4-8-20(9-5-13)17(22)14-6-10-23-11-14/h2-3,6-7,10-11,13H,4-5,8-9H2,1H3,(H,18,19,21). The van der Waals surface area contributed by atoms with E-state index in [2.05, 4.69) is 10.3 Å². The molecule has 2 amide bonds. The molecule has 0 saturated carbocycles. The van der Waals surface area contributed by atoms with Gasteiger partial charge in [-0.25, -0.2) is 4.98 Å². The van der Waals surface area contributed by atoms with Gasteiger partial charge in [-0.15, -0.1) is 0 Å². The number of carbonyl (C=O) groups excluding carboxylic acids is 2. The SMILES string of the molecule is Cc1cccnc1NC(=O)C1CCN(C(=O)c2ccoc2)CC1. The molecule has 1 N–H and O–H groups in total. The van der Waals surface area contributed by atoms with E-state index < -0.39 is 0 Å². The Morgan fingerprint density at radius 2 is 2.09 bits per heavy atom. The highest BCUT2D eigenvalue weighted by Crippen LogP contribution is 2.21. The van der Waals surface area contributed by atoms with Crippen LogP contribution in [0.1, 0.15) is 28.8 Å². The Morgan fingerprint density at radius 3 is 2.74 bits per heavy atom. The summed E-state index contributed by atoms with van der Waals surface area (Å²) in [4.78, 5) is 30.5. The lowest BCUT2D eigenvalue weighted by Gasteiger charge is -2.31. The molecule has 1 saturated heterocycles. The first-order valence-electron chi connectivity index (χ1n) is 7.69. The van der Waals surface area contributed by atoms with Gasteiger partial charge in [-0.05, 0) is 37.5 Å². The van der Waals surface area contributed by atoms with Crippen molar-refractivity contribution in [1.82, 2.24) is 9.88 Å². The predicted molar refractivity (Wildman–Crippen MR) is 84.9 cm³/mol. The molecular formula is C17H19N3O3. The summed E-state index contributed by atoms with van der Waals surface area (Å²) >= 11 is 0. The lowest BCUT2D eigenvalue weighted by atomic mass is 9.95. The van der Waals surface area contributed by atoms with E-state index in [-0.39, 0.29) is 17.7 Å². The number of carbonyl (C=O) groups is 2. The molecule has 2 aromatic rings. The van der Waals surface area contributed by atoms with Gasteiger partial charge in [-0.1, -0.05) is 6.07 Å². The third-order valence-corrected chi connectivity index (χ3v) is 4.17. The van der Waals surface area contributed by atoms with E-state index in [1.54, 1.807) is 17.2 Å². The summed E-state index contributed by atoms with van der Waals surface area (Å²) in [6.07, 6.45) is 5.91. The molecule has 0 radical (unpaired) electrons. The molecule has 6 heteroatoms. The topological polar surface area (TPSA) is 75.4 Å². The van der Waals surface area contributed by atoms with Crippen molar-refractivity contribution in [2.45, 2.75) is 19.8 Å². The van der Waals surface area contributed by atoms with Crippen molar-refractivity contribution in [2.24, 2.45) is 5.92 Å². The first-order chi connectivity index (χ1) is 11.1. The summed E-state index contributed by atoms with van der Waals surface area (Å²) in [6.45, 7) is 3.06. The average Bonchev–Trinajstić information content (AvgIpc) is 3.11. The largest absolute Gasteiger partial charge is 0.472 e. The molecule has 3 rings (SSSR count). The van der Waals surface area contributed by atoms with E-state index in [1.165, 1.54) is 12.5 Å². The molecule has 120 valence electrons. The number of piperidine rings is 1. The number of likely N-dealkylation sites (tertiary alicyclic amines) is 1. The summed E-state index contributed by atoms with van der Waals surface area (Å²) < 4.78 is 4.94. The maximum absolute atomic E-state index is 12.4. The third-order valence-electron chi connectivity index (χ3n) is 4.17. The second-order valence-electron chi connectivity index (χ2n) is 5.74. The van der Waals surface area contributed by atoms with E-state index in [0.29, 0.717) is 37.3 Å². The van der Waals surface area contributed by atoms with Gasteiger partial charge in [-0.2, -0.15) is 0 Å². The Morgan fingerprint density at radius 1 is 1.30 bits per heavy atom. The highest BCUT2D eigenvalue weighted by atomic mass is 16.3. The molecule has 0 aliphatic carbocycles. The van der Waals surface area contributed by atoms with E-state index in [9.17, 15) is 9.59 Å². The normalized spacial score (nSPS) is 15.4. The van der Waals surface area contributed by atoms with Crippen molar-refractivity contribution in [3.05, 3.63) is 48.0 Å². The quantitative estimate of drug-likeness (QED) is 0.944. The van der Waals surface area contributed by atoms with E-state index in [4.69, 9.17) is 4.42 Å². The molecule has 2 aromatic heterocycles. The number of rotatable bonds is 3. The summed E-state index contributed by atoms with van der Waals surface area (Å²) in [6, 6.07) is 5.41. The molecule has 0 unspecified atom stereocenters. The first kappa shape index (κ1) is 15.3. The number of furan rings is 1. The fourth-order valence-corrected chi connectivity index (χ4v) is 2.75. The van der Waals surface area contributed by atoms with Crippen LogP contribution in [0.5, 0.6) is 0 Å². The van der Waals surface area contributed by atoms with Crippen LogP contribution in [-0.4, -0.2) is 34.8 Å². The predicted octanol–water partition coefficient (Wildman–Crippen LogP) is 2.47. The van der Waals surface area contributed by atoms with Crippen LogP contribution >= 0.6 is 0 Å². The number of hydrogen-bond acceptors (Lipinski definition) is 4. The maximum Gasteiger partial charge on any atom is 0.257 e. The Balaban J connectivity index is 1.55. The highest BCUT2D eigenvalue weighted by Gasteiger charge is 2.28. The van der Waals surface area contributed by atoms with Gasteiger partial charge in [-0.3, -0.25) is 9.59 Å². The minimum Gasteiger partial charge on any atom is -0.472 e. The minimum absolute atomic E-state index is 0.0257. The Bertz CT molecular complexity index is 689. The second-order valence-corrected chi connectivity index (χ2v) is 5.74. The van der Waals surface area contributed by atoms with Gasteiger partial charge >= 0.3 is 0 Å². The minimum atomic E-state index is -0.0928. The number of aryl methyl sites for hydroxylation is 1. The molecule has 0 aromatic carbocycles. The molecule has 0 atom stereocenters. The molecular weight excluding hydrogens is 294 g/mol. The summed E-state index contributed by atoms with van der Waals surface area (Å²) in [5.74, 6) is 0.444. The van der Waals surface area contributed by atoms with Gasteiger partial charge in [0, 0.05) is 25.2 Å². The number of nitrogens with one attached hydrogen (secondary N) is 1. The van der Waals surface area contributed by atoms with Gasteiger partial charge in [0.25, 0.3) is 5.91 Å². The first-order valence-corrected chi connectivity index (χ1v) is 7.69. The van der Waals surface area contributed by atoms with Crippen LogP contribution in [0.4, 0.5) is 5.82 Å². The van der Waals surface area contributed by atoms with Gasteiger partial charge in [0.1, 0.15) is 12.1 Å². The smallest absolute Gasteiger partial charge is 0.257 e. The second kappa shape index (κ2) is 6.64. The third kappa shape index (κ3) is 3.41. The zero-order chi connectivity index (χ0) is 16.2. The zero-order valence-corrected chi connectivity index (χ0v) is 13.0. The summed E-state index contributed by atoms with van der Waals surface area (Å²) in [5.41, 5.74) is 1.49. The Hall–Kier alpha value is -2.63. The zero-order valence-electron chi connectivity index (χ0n) is 13.0. The van der Waals surface area contributed by atoms with Gasteiger partial charge in [0.15, 0.2) is 0 Å². The molecule has 0 bridgehead atoms. The number of pyridine rings is 1. The van der Waals surface area contributed by atoms with Crippen LogP contribution in [0, 0.1) is 12.8 Å². The summed E-state index contributed by atoms with van der Waals surface area (Å²) in [7, 11) is 0. The number of amides is 2. The van der Waals surface area contributed by atoms with Crippen molar-refractivity contribution in [3.8, 4) is 0 Å². The van der Waals surface area contributed by atoms with Crippen molar-refractivity contribution in [1.29, 1.82) is 0 Å². The average molecular weight is 313 g/mol. The number of nitrogens with zero attached hydrogens (tertiary/aromatic N) is 2. The van der Waals surface area contributed by atoms with E-state index >= 15 is 0 Å². The van der Waals surface area contributed by atoms with Crippen molar-refractivity contribution in [2.75, 3.05) is 18.4 Å². The van der Waals surface area contributed by atoms with Crippen LogP contribution < -0.4 is 5.32 Å². The molecule has 3 heterocycles. The molecule has 1 aliphatic rings. The number of anilines is 1. The summed E-state index contributed by atoms with van der Waals surface area (Å²) in [5, 5.41) is 2.88. The van der Waals surface area contributed by atoms with E-state index in [1.807, 2.05) is 19.1 Å². The van der Waals surface area contributed by atoms with Gasteiger partial charge in [0.2, 0.25) is 5.91 Å². The molecule has 0 spiro atoms. The fraction of sp³-hybridized carbons (Fsp3) is 0.353. The number of aromatic nitrogens is 1. The number of hydrogen-bond donors (Lipinski definition) is 1. The van der Waals surface area contributed by atoms with Crippen LogP contribution in [0.3, 0.4) is 0 Å². The lowest BCUT2D eigenvalue weighted by molar-refractivity contribution is -0.121. The Labute approximate surface area is 134 Å². The lowest BCUT2D eigenvalue weighted by Crippen LogP contribution is -2.41. The van der Waals surface area contributed by atoms with E-state index in [0.717, 1.165) is 5.56 Å².